The predicted octanol–water partition coefficient (Wildman–Crippen LogP) is 6.03. The molecule has 0 saturated heterocycles. The Balaban J connectivity index is 1.78. The van der Waals surface area contributed by atoms with Crippen LogP contribution in [0.3, 0.4) is 0 Å². The monoisotopic (exact) mass is 374 g/mol. The van der Waals surface area contributed by atoms with E-state index in [4.69, 9.17) is 10.7 Å². The molecule has 2 nitrogen and oxygen atoms in total. The number of rotatable bonds is 9. The van der Waals surface area contributed by atoms with Gasteiger partial charge < -0.3 is 5.73 Å². The first kappa shape index (κ1) is 18.9. The van der Waals surface area contributed by atoms with Gasteiger partial charge in [-0.15, -0.1) is 11.3 Å². The molecule has 0 fully saturated rings. The molecular formula is C21H30N2S2. The van der Waals surface area contributed by atoms with Crippen molar-refractivity contribution >= 4 is 23.1 Å². The lowest BCUT2D eigenvalue weighted by Crippen LogP contribution is -2.13. The lowest BCUT2D eigenvalue weighted by atomic mass is 9.87. The van der Waals surface area contributed by atoms with Crippen LogP contribution in [0.4, 0.5) is 0 Å². The van der Waals surface area contributed by atoms with Gasteiger partial charge in [-0.25, -0.2) is 4.98 Å². The number of benzene rings is 1. The van der Waals surface area contributed by atoms with Gasteiger partial charge in [-0.05, 0) is 54.8 Å². The summed E-state index contributed by atoms with van der Waals surface area (Å²) in [6.07, 6.45) is 8.47. The topological polar surface area (TPSA) is 38.9 Å². The van der Waals surface area contributed by atoms with Crippen LogP contribution in [-0.4, -0.2) is 17.3 Å². The van der Waals surface area contributed by atoms with Crippen LogP contribution in [0, 0.1) is 0 Å². The largest absolute Gasteiger partial charge is 0.330 e. The van der Waals surface area contributed by atoms with Gasteiger partial charge >= 0.3 is 0 Å². The van der Waals surface area contributed by atoms with Gasteiger partial charge in [0.2, 0.25) is 0 Å². The van der Waals surface area contributed by atoms with Crippen molar-refractivity contribution in [3.8, 4) is 10.4 Å². The van der Waals surface area contributed by atoms with E-state index in [-0.39, 0.29) is 0 Å². The van der Waals surface area contributed by atoms with Gasteiger partial charge in [-0.2, -0.15) is 0 Å². The average molecular weight is 375 g/mol. The maximum Gasteiger partial charge on any atom is 0.150 e. The van der Waals surface area contributed by atoms with Crippen molar-refractivity contribution in [3.63, 3.8) is 0 Å². The first-order valence-electron chi connectivity index (χ1n) is 9.72. The third-order valence-corrected chi connectivity index (χ3v) is 7.41. The number of aryl methyl sites for hydroxylation is 2. The van der Waals surface area contributed by atoms with Crippen molar-refractivity contribution < 1.29 is 0 Å². The number of unbranched alkanes of at least 4 members (excludes halogenated alkanes) is 2. The highest BCUT2D eigenvalue weighted by Crippen LogP contribution is 2.41. The van der Waals surface area contributed by atoms with Crippen molar-refractivity contribution in [3.05, 3.63) is 35.0 Å². The van der Waals surface area contributed by atoms with Crippen molar-refractivity contribution in [1.29, 1.82) is 0 Å². The Kier molecular flexibility index (Phi) is 6.97. The Bertz CT molecular complexity index is 693. The first-order valence-corrected chi connectivity index (χ1v) is 11.5. The SMILES string of the molecule is CCCCCSc1nc2c(s1)-c1ccc(C(CN)CCC)cc1CC2. The average Bonchev–Trinajstić information content (AvgIpc) is 3.06. The molecule has 2 aromatic rings. The quantitative estimate of drug-likeness (QED) is 0.430. The van der Waals surface area contributed by atoms with Crippen LogP contribution in [0.25, 0.3) is 10.4 Å². The van der Waals surface area contributed by atoms with Crippen LogP contribution >= 0.6 is 23.1 Å². The molecule has 1 unspecified atom stereocenters. The summed E-state index contributed by atoms with van der Waals surface area (Å²) in [5, 5.41) is 0. The zero-order chi connectivity index (χ0) is 17.6. The fourth-order valence-electron chi connectivity index (χ4n) is 3.60. The van der Waals surface area contributed by atoms with E-state index in [0.717, 1.165) is 19.4 Å². The van der Waals surface area contributed by atoms with Gasteiger partial charge in [0.05, 0.1) is 10.6 Å². The van der Waals surface area contributed by atoms with Crippen molar-refractivity contribution in [2.75, 3.05) is 12.3 Å². The smallest absolute Gasteiger partial charge is 0.150 e. The second-order valence-electron chi connectivity index (χ2n) is 6.95. The highest BCUT2D eigenvalue weighted by molar-refractivity contribution is 8.01. The van der Waals surface area contributed by atoms with Gasteiger partial charge in [0.25, 0.3) is 0 Å². The number of thiazole rings is 1. The van der Waals surface area contributed by atoms with Gasteiger partial charge in [0.15, 0.2) is 4.34 Å². The molecule has 0 saturated carbocycles. The maximum atomic E-state index is 6.00. The lowest BCUT2D eigenvalue weighted by Gasteiger charge is -2.20. The summed E-state index contributed by atoms with van der Waals surface area (Å²) in [6, 6.07) is 7.04. The Labute approximate surface area is 160 Å². The molecule has 1 aromatic heterocycles. The number of hydrogen-bond acceptors (Lipinski definition) is 4. The molecule has 0 aliphatic heterocycles. The number of fused-ring (bicyclic) bond motifs is 3. The molecule has 2 N–H and O–H groups in total. The Morgan fingerprint density at radius 3 is 2.84 bits per heavy atom. The minimum Gasteiger partial charge on any atom is -0.330 e. The fourth-order valence-corrected chi connectivity index (χ4v) is 5.94. The van der Waals surface area contributed by atoms with E-state index >= 15 is 0 Å². The highest BCUT2D eigenvalue weighted by Gasteiger charge is 2.22. The summed E-state index contributed by atoms with van der Waals surface area (Å²) in [7, 11) is 0. The summed E-state index contributed by atoms with van der Waals surface area (Å²) in [5.41, 5.74) is 11.6. The highest BCUT2D eigenvalue weighted by atomic mass is 32.2. The van der Waals surface area contributed by atoms with E-state index in [1.807, 2.05) is 23.1 Å². The van der Waals surface area contributed by atoms with Crippen LogP contribution in [0.15, 0.2) is 22.5 Å². The van der Waals surface area contributed by atoms with E-state index in [2.05, 4.69) is 32.0 Å². The molecule has 1 aliphatic carbocycles. The predicted molar refractivity (Wildman–Crippen MR) is 112 cm³/mol. The number of hydrogen-bond donors (Lipinski definition) is 1. The summed E-state index contributed by atoms with van der Waals surface area (Å²) < 4.78 is 1.25. The zero-order valence-corrected chi connectivity index (χ0v) is 17.1. The Morgan fingerprint density at radius 2 is 2.08 bits per heavy atom. The van der Waals surface area contributed by atoms with Crippen molar-refractivity contribution in [2.24, 2.45) is 5.73 Å². The second-order valence-corrected chi connectivity index (χ2v) is 9.29. The first-order chi connectivity index (χ1) is 12.3. The fraction of sp³-hybridized carbons (Fsp3) is 0.571. The molecule has 0 bridgehead atoms. The van der Waals surface area contributed by atoms with E-state index in [9.17, 15) is 0 Å². The Morgan fingerprint density at radius 1 is 1.20 bits per heavy atom. The van der Waals surface area contributed by atoms with Crippen LogP contribution in [0.1, 0.15) is 68.7 Å². The molecule has 0 amide bonds. The molecule has 1 atom stereocenters. The van der Waals surface area contributed by atoms with Gasteiger partial charge in [0, 0.05) is 5.75 Å². The molecule has 1 heterocycles. The molecular weight excluding hydrogens is 344 g/mol. The van der Waals surface area contributed by atoms with Gasteiger partial charge in [0.1, 0.15) is 0 Å². The number of thioether (sulfide) groups is 1. The summed E-state index contributed by atoms with van der Waals surface area (Å²) >= 11 is 3.83. The minimum absolute atomic E-state index is 0.503. The molecule has 4 heteroatoms. The molecule has 0 spiro atoms. The number of nitrogens with two attached hydrogens (primary N) is 1. The van der Waals surface area contributed by atoms with E-state index in [1.54, 1.807) is 0 Å². The van der Waals surface area contributed by atoms with E-state index in [1.165, 1.54) is 69.5 Å². The minimum atomic E-state index is 0.503. The van der Waals surface area contributed by atoms with Crippen molar-refractivity contribution in [1.82, 2.24) is 4.98 Å². The van der Waals surface area contributed by atoms with Crippen LogP contribution in [-0.2, 0) is 12.8 Å². The Hall–Kier alpha value is -0.840. The van der Waals surface area contributed by atoms with E-state index < -0.39 is 0 Å². The van der Waals surface area contributed by atoms with Gasteiger partial charge in [-0.1, -0.05) is 63.1 Å². The maximum absolute atomic E-state index is 6.00. The van der Waals surface area contributed by atoms with Crippen molar-refractivity contribution in [2.45, 2.75) is 69.1 Å². The molecule has 0 radical (unpaired) electrons. The van der Waals surface area contributed by atoms with Gasteiger partial charge in [-0.3, -0.25) is 0 Å². The third-order valence-electron chi connectivity index (χ3n) is 5.05. The standard InChI is InChI=1S/C21H30N2S2/c1-3-5-6-12-24-21-23-19-11-9-16-13-15(17(14-22)7-4-2)8-10-18(16)20(19)25-21/h8,10,13,17H,3-7,9,11-12,14,22H2,1-2H3. The summed E-state index contributed by atoms with van der Waals surface area (Å²) in [4.78, 5) is 6.32. The zero-order valence-electron chi connectivity index (χ0n) is 15.5. The van der Waals surface area contributed by atoms with E-state index in [0.29, 0.717) is 5.92 Å². The molecule has 3 rings (SSSR count). The number of nitrogens with zero attached hydrogens (tertiary/aromatic N) is 1. The molecule has 25 heavy (non-hydrogen) atoms. The van der Waals surface area contributed by atoms with Crippen LogP contribution < -0.4 is 5.73 Å². The second kappa shape index (κ2) is 9.20. The molecule has 136 valence electrons. The third kappa shape index (κ3) is 4.47. The summed E-state index contributed by atoms with van der Waals surface area (Å²) in [5.74, 6) is 1.70. The summed E-state index contributed by atoms with van der Waals surface area (Å²) in [6.45, 7) is 5.25. The molecule has 1 aliphatic rings. The number of aromatic nitrogens is 1. The lowest BCUT2D eigenvalue weighted by molar-refractivity contribution is 0.621. The normalized spacial score (nSPS) is 14.2. The molecule has 1 aromatic carbocycles. The van der Waals surface area contributed by atoms with Crippen LogP contribution in [0.5, 0.6) is 0 Å². The van der Waals surface area contributed by atoms with Crippen LogP contribution in [0.2, 0.25) is 0 Å².